The first kappa shape index (κ1) is 24.8. The molecule has 0 atom stereocenters. The number of non-ortho nitro benzene ring substituents is 1. The van der Waals surface area contributed by atoms with Crippen LogP contribution >= 0.6 is 11.8 Å². The summed E-state index contributed by atoms with van der Waals surface area (Å²) in [5.74, 6) is -0.817. The summed E-state index contributed by atoms with van der Waals surface area (Å²) in [5.41, 5.74) is 3.17. The van der Waals surface area contributed by atoms with Crippen molar-refractivity contribution in [2.45, 2.75) is 0 Å². The predicted octanol–water partition coefficient (Wildman–Crippen LogP) is 5.28. The lowest BCUT2D eigenvalue weighted by Gasteiger charge is -2.14. The lowest BCUT2D eigenvalue weighted by atomic mass is 10.0. The molecule has 10 heteroatoms. The number of aromatic nitrogens is 1. The molecular weight excluding hydrogens is 504 g/mol. The van der Waals surface area contributed by atoms with Gasteiger partial charge in [-0.25, -0.2) is 4.98 Å². The maximum Gasteiger partial charge on any atom is 0.293 e. The second kappa shape index (κ2) is 10.7. The molecule has 0 unspecified atom stereocenters. The third-order valence-electron chi connectivity index (χ3n) is 5.93. The van der Waals surface area contributed by atoms with Gasteiger partial charge in [0.25, 0.3) is 22.7 Å². The van der Waals surface area contributed by atoms with Crippen molar-refractivity contribution in [1.82, 2.24) is 15.2 Å². The maximum absolute atomic E-state index is 13.2. The first-order valence-electron chi connectivity index (χ1n) is 11.6. The van der Waals surface area contributed by atoms with Crippen molar-refractivity contribution >= 4 is 51.5 Å². The number of carbonyl (C=O) groups is 3. The molecule has 188 valence electrons. The summed E-state index contributed by atoms with van der Waals surface area (Å²) in [7, 11) is 0. The van der Waals surface area contributed by atoms with E-state index < -0.39 is 16.1 Å². The van der Waals surface area contributed by atoms with Crippen molar-refractivity contribution in [2.75, 3.05) is 13.1 Å². The first-order valence-corrected chi connectivity index (χ1v) is 12.5. The molecule has 1 aliphatic rings. The number of amides is 3. The quantitative estimate of drug-likeness (QED) is 0.198. The normalized spacial score (nSPS) is 14.3. The van der Waals surface area contributed by atoms with Crippen LogP contribution in [0.25, 0.3) is 28.2 Å². The van der Waals surface area contributed by atoms with E-state index >= 15 is 0 Å². The molecule has 3 aromatic carbocycles. The molecular formula is C28H20N4O5S. The fourth-order valence-corrected chi connectivity index (χ4v) is 4.90. The number of nitrogens with zero attached hydrogens (tertiary/aromatic N) is 3. The highest BCUT2D eigenvalue weighted by molar-refractivity contribution is 8.18. The summed E-state index contributed by atoms with van der Waals surface area (Å²) in [5, 5.41) is 13.9. The molecule has 0 bridgehead atoms. The smallest absolute Gasteiger partial charge is 0.293 e. The van der Waals surface area contributed by atoms with Crippen LogP contribution in [0.2, 0.25) is 0 Å². The molecule has 4 aromatic rings. The van der Waals surface area contributed by atoms with Crippen LogP contribution in [0.1, 0.15) is 15.9 Å². The van der Waals surface area contributed by atoms with Crippen LogP contribution in [0.4, 0.5) is 10.5 Å². The summed E-state index contributed by atoms with van der Waals surface area (Å²) in [4.78, 5) is 54.7. The Balaban J connectivity index is 1.28. The Hall–Kier alpha value is -4.83. The Morgan fingerprint density at radius 1 is 1.00 bits per heavy atom. The molecule has 38 heavy (non-hydrogen) atoms. The number of imide groups is 1. The molecule has 9 nitrogen and oxygen atoms in total. The van der Waals surface area contributed by atoms with E-state index in [0.29, 0.717) is 27.7 Å². The van der Waals surface area contributed by atoms with Crippen LogP contribution in [0, 0.1) is 10.1 Å². The van der Waals surface area contributed by atoms with Crippen LogP contribution in [0.3, 0.4) is 0 Å². The van der Waals surface area contributed by atoms with E-state index in [2.05, 4.69) is 10.3 Å². The minimum atomic E-state index is -0.511. The minimum absolute atomic E-state index is 0.00255. The summed E-state index contributed by atoms with van der Waals surface area (Å²) < 4.78 is 0. The van der Waals surface area contributed by atoms with Crippen molar-refractivity contribution in [2.24, 2.45) is 0 Å². The molecule has 1 aliphatic heterocycles. The second-order valence-electron chi connectivity index (χ2n) is 8.38. The van der Waals surface area contributed by atoms with Gasteiger partial charge in [0.05, 0.1) is 26.6 Å². The Morgan fingerprint density at radius 2 is 1.71 bits per heavy atom. The van der Waals surface area contributed by atoms with Gasteiger partial charge in [-0.3, -0.25) is 29.4 Å². The van der Waals surface area contributed by atoms with Crippen LogP contribution in [0.5, 0.6) is 0 Å². The van der Waals surface area contributed by atoms with Gasteiger partial charge in [0, 0.05) is 36.2 Å². The number of para-hydroxylation sites is 1. The monoisotopic (exact) mass is 524 g/mol. The van der Waals surface area contributed by atoms with Crippen LogP contribution < -0.4 is 5.32 Å². The van der Waals surface area contributed by atoms with Gasteiger partial charge in [-0.1, -0.05) is 48.5 Å². The number of rotatable bonds is 7. The molecule has 2 heterocycles. The summed E-state index contributed by atoms with van der Waals surface area (Å²) in [6, 6.07) is 24.3. The van der Waals surface area contributed by atoms with Crippen molar-refractivity contribution in [3.63, 3.8) is 0 Å². The van der Waals surface area contributed by atoms with Gasteiger partial charge >= 0.3 is 0 Å². The molecule has 3 amide bonds. The molecule has 1 saturated heterocycles. The lowest BCUT2D eigenvalue weighted by Crippen LogP contribution is -2.37. The third-order valence-corrected chi connectivity index (χ3v) is 6.83. The maximum atomic E-state index is 13.2. The van der Waals surface area contributed by atoms with E-state index in [1.165, 1.54) is 30.3 Å². The summed E-state index contributed by atoms with van der Waals surface area (Å²) >= 11 is 0.787. The largest absolute Gasteiger partial charge is 0.350 e. The SMILES string of the molecule is O=C(NCCN1C(=O)S/C(=C\c2ccc([N+](=O)[O-])cc2)C1=O)c1cc(-c2ccccc2)nc2ccccc12. The van der Waals surface area contributed by atoms with E-state index in [1.807, 2.05) is 54.6 Å². The highest BCUT2D eigenvalue weighted by Gasteiger charge is 2.34. The van der Waals surface area contributed by atoms with Gasteiger partial charge in [-0.2, -0.15) is 0 Å². The number of benzene rings is 3. The van der Waals surface area contributed by atoms with E-state index in [4.69, 9.17) is 0 Å². The first-order chi connectivity index (χ1) is 18.4. The Morgan fingerprint density at radius 3 is 2.45 bits per heavy atom. The lowest BCUT2D eigenvalue weighted by molar-refractivity contribution is -0.384. The number of pyridine rings is 1. The van der Waals surface area contributed by atoms with Crippen molar-refractivity contribution in [3.05, 3.63) is 111 Å². The molecule has 1 N–H and O–H groups in total. The topological polar surface area (TPSA) is 123 Å². The predicted molar refractivity (Wildman–Crippen MR) is 145 cm³/mol. The van der Waals surface area contributed by atoms with Gasteiger partial charge in [0.1, 0.15) is 0 Å². The van der Waals surface area contributed by atoms with Crippen molar-refractivity contribution in [3.8, 4) is 11.3 Å². The average molecular weight is 525 g/mol. The zero-order valence-corrected chi connectivity index (χ0v) is 20.7. The molecule has 0 saturated carbocycles. The van der Waals surface area contributed by atoms with E-state index in [9.17, 15) is 24.5 Å². The van der Waals surface area contributed by atoms with Crippen molar-refractivity contribution in [1.29, 1.82) is 0 Å². The number of carbonyl (C=O) groups excluding carboxylic acids is 3. The van der Waals surface area contributed by atoms with Gasteiger partial charge in [0.15, 0.2) is 0 Å². The third kappa shape index (κ3) is 5.16. The number of nitro groups is 1. The second-order valence-corrected chi connectivity index (χ2v) is 9.37. The molecule has 1 aromatic heterocycles. The highest BCUT2D eigenvalue weighted by atomic mass is 32.2. The Bertz CT molecular complexity index is 1600. The number of fused-ring (bicyclic) bond motifs is 1. The zero-order valence-electron chi connectivity index (χ0n) is 19.9. The number of hydrogen-bond acceptors (Lipinski definition) is 7. The fourth-order valence-electron chi connectivity index (χ4n) is 4.03. The van der Waals surface area contributed by atoms with Crippen LogP contribution in [-0.4, -0.2) is 45.0 Å². The van der Waals surface area contributed by atoms with E-state index in [0.717, 1.165) is 22.2 Å². The summed E-state index contributed by atoms with van der Waals surface area (Å²) in [6.07, 6.45) is 1.52. The van der Waals surface area contributed by atoms with Gasteiger partial charge < -0.3 is 5.32 Å². The van der Waals surface area contributed by atoms with Gasteiger partial charge in [-0.15, -0.1) is 0 Å². The van der Waals surface area contributed by atoms with E-state index in [-0.39, 0.29) is 29.6 Å². The number of hydrogen-bond donors (Lipinski definition) is 1. The van der Waals surface area contributed by atoms with Crippen LogP contribution in [0.15, 0.2) is 89.8 Å². The molecule has 5 rings (SSSR count). The number of thioether (sulfide) groups is 1. The van der Waals surface area contributed by atoms with Crippen LogP contribution in [-0.2, 0) is 4.79 Å². The van der Waals surface area contributed by atoms with E-state index in [1.54, 1.807) is 6.07 Å². The summed E-state index contributed by atoms with van der Waals surface area (Å²) in [6.45, 7) is 0.0710. The van der Waals surface area contributed by atoms with Gasteiger partial charge in [-0.05, 0) is 47.7 Å². The van der Waals surface area contributed by atoms with Gasteiger partial charge in [0.2, 0.25) is 0 Å². The molecule has 1 fully saturated rings. The molecule has 0 spiro atoms. The zero-order chi connectivity index (χ0) is 26.6. The molecule has 0 aliphatic carbocycles. The number of nitrogens with one attached hydrogen (secondary N) is 1. The Labute approximate surface area is 221 Å². The minimum Gasteiger partial charge on any atom is -0.350 e. The average Bonchev–Trinajstić information content (AvgIpc) is 3.20. The van der Waals surface area contributed by atoms with Crippen molar-refractivity contribution < 1.29 is 19.3 Å². The molecule has 0 radical (unpaired) electrons. The Kier molecular flexibility index (Phi) is 6.96. The number of nitro benzene ring substituents is 1. The standard InChI is InChI=1S/C28H20N4O5S/c33-26(22-17-24(19-6-2-1-3-7-19)30-23-9-5-4-8-21(22)23)29-14-15-31-27(34)25(38-28(31)35)16-18-10-12-20(13-11-18)32(36)37/h1-13,16-17H,14-15H2,(H,29,33)/b25-16-. The highest BCUT2D eigenvalue weighted by Crippen LogP contribution is 2.32. The fraction of sp³-hybridized carbons (Fsp3) is 0.0714.